The Bertz CT molecular complexity index is 177. The lowest BCUT2D eigenvalue weighted by atomic mass is 10.0. The topological polar surface area (TPSA) is 12.4 Å². The molecule has 0 bridgehead atoms. The van der Waals surface area contributed by atoms with Gasteiger partial charge in [0.2, 0.25) is 0 Å². The Hall–Kier alpha value is -0.850. The summed E-state index contributed by atoms with van der Waals surface area (Å²) in [5.41, 5.74) is 1.25. The predicted molar refractivity (Wildman–Crippen MR) is 45.4 cm³/mol. The van der Waals surface area contributed by atoms with Gasteiger partial charge in [0.05, 0.1) is 6.54 Å². The van der Waals surface area contributed by atoms with Gasteiger partial charge in [0, 0.05) is 12.1 Å². The Kier molecular flexibility index (Phi) is 2.43. The van der Waals surface area contributed by atoms with Gasteiger partial charge in [-0.1, -0.05) is 18.7 Å². The Balaban J connectivity index is 2.40. The number of hydrogen-bond acceptors (Lipinski definition) is 1. The van der Waals surface area contributed by atoms with Crippen LogP contribution < -0.4 is 0 Å². The molecule has 10 heavy (non-hydrogen) atoms. The van der Waals surface area contributed by atoms with Gasteiger partial charge in [-0.25, -0.2) is 0 Å². The molecule has 0 fully saturated rings. The molecule has 0 amide bonds. The first-order valence-corrected chi connectivity index (χ1v) is 3.63. The molecule has 1 unspecified atom stereocenters. The van der Waals surface area contributed by atoms with E-state index in [2.05, 4.69) is 23.7 Å². The van der Waals surface area contributed by atoms with Crippen LogP contribution in [0.15, 0.2) is 29.3 Å². The summed E-state index contributed by atoms with van der Waals surface area (Å²) in [4.78, 5) is 4.14. The van der Waals surface area contributed by atoms with Crippen LogP contribution in [0.1, 0.15) is 13.3 Å². The van der Waals surface area contributed by atoms with Crippen molar-refractivity contribution in [3.8, 4) is 0 Å². The normalized spacial score (nSPS) is 24.9. The predicted octanol–water partition coefficient (Wildman–Crippen LogP) is 2.21. The monoisotopic (exact) mass is 135 g/mol. The van der Waals surface area contributed by atoms with Crippen LogP contribution in [-0.2, 0) is 0 Å². The highest BCUT2D eigenvalue weighted by atomic mass is 14.7. The van der Waals surface area contributed by atoms with E-state index in [1.54, 1.807) is 0 Å². The van der Waals surface area contributed by atoms with Crippen molar-refractivity contribution >= 4 is 6.21 Å². The molecule has 0 aliphatic carbocycles. The molecule has 1 nitrogen and oxygen atoms in total. The summed E-state index contributed by atoms with van der Waals surface area (Å²) in [6, 6.07) is 0. The molecule has 1 atom stereocenters. The molecule has 1 aliphatic heterocycles. The molecule has 0 N–H and O–H groups in total. The van der Waals surface area contributed by atoms with Crippen LogP contribution in [0.25, 0.3) is 0 Å². The van der Waals surface area contributed by atoms with Crippen LogP contribution in [0.3, 0.4) is 0 Å². The van der Waals surface area contributed by atoms with E-state index in [0.717, 1.165) is 13.0 Å². The van der Waals surface area contributed by atoms with E-state index in [9.17, 15) is 0 Å². The summed E-state index contributed by atoms with van der Waals surface area (Å²) in [6.07, 6.45) is 7.30. The minimum Gasteiger partial charge on any atom is -0.292 e. The Morgan fingerprint density at radius 3 is 3.20 bits per heavy atom. The quantitative estimate of drug-likeness (QED) is 0.515. The fourth-order valence-electron chi connectivity index (χ4n) is 1.03. The summed E-state index contributed by atoms with van der Waals surface area (Å²) < 4.78 is 0. The van der Waals surface area contributed by atoms with Crippen molar-refractivity contribution in [2.45, 2.75) is 13.3 Å². The molecular formula is C9H13N. The number of rotatable bonds is 2. The summed E-state index contributed by atoms with van der Waals surface area (Å²) in [5, 5.41) is 0. The van der Waals surface area contributed by atoms with Crippen LogP contribution in [0, 0.1) is 5.92 Å². The van der Waals surface area contributed by atoms with Crippen molar-refractivity contribution in [3.63, 3.8) is 0 Å². The van der Waals surface area contributed by atoms with Gasteiger partial charge in [0.15, 0.2) is 0 Å². The highest BCUT2D eigenvalue weighted by molar-refractivity contribution is 5.68. The van der Waals surface area contributed by atoms with Gasteiger partial charge in [-0.2, -0.15) is 0 Å². The van der Waals surface area contributed by atoms with Crippen LogP contribution in [0.5, 0.6) is 0 Å². The first kappa shape index (κ1) is 7.26. The van der Waals surface area contributed by atoms with Gasteiger partial charge < -0.3 is 0 Å². The van der Waals surface area contributed by atoms with E-state index in [4.69, 9.17) is 0 Å². The number of allylic oxidation sites excluding steroid dienone is 2. The first-order chi connectivity index (χ1) is 4.84. The van der Waals surface area contributed by atoms with E-state index in [0.29, 0.717) is 5.92 Å². The molecule has 1 aliphatic rings. The molecule has 1 heterocycles. The third-order valence-electron chi connectivity index (χ3n) is 1.73. The summed E-state index contributed by atoms with van der Waals surface area (Å²) in [7, 11) is 0. The average Bonchev–Trinajstić information content (AvgIpc) is 2.31. The van der Waals surface area contributed by atoms with Crippen LogP contribution >= 0.6 is 0 Å². The minimum atomic E-state index is 0.510. The Labute approximate surface area is 62.2 Å². The van der Waals surface area contributed by atoms with Crippen molar-refractivity contribution in [1.29, 1.82) is 0 Å². The molecule has 54 valence electrons. The lowest BCUT2D eigenvalue weighted by Crippen LogP contribution is -1.97. The second-order valence-electron chi connectivity index (χ2n) is 2.56. The first-order valence-electron chi connectivity index (χ1n) is 3.63. The van der Waals surface area contributed by atoms with Crippen LogP contribution in [0.2, 0.25) is 0 Å². The van der Waals surface area contributed by atoms with E-state index >= 15 is 0 Å². The maximum Gasteiger partial charge on any atom is 0.0599 e. The highest BCUT2D eigenvalue weighted by Crippen LogP contribution is 2.17. The number of hydrogen-bond donors (Lipinski definition) is 0. The molecule has 1 heteroatoms. The van der Waals surface area contributed by atoms with Gasteiger partial charge in [0.1, 0.15) is 0 Å². The van der Waals surface area contributed by atoms with Crippen molar-refractivity contribution in [1.82, 2.24) is 0 Å². The van der Waals surface area contributed by atoms with Gasteiger partial charge in [-0.15, -0.1) is 0 Å². The maximum absolute atomic E-state index is 4.14. The maximum atomic E-state index is 4.14. The fourth-order valence-corrected chi connectivity index (χ4v) is 1.03. The summed E-state index contributed by atoms with van der Waals surface area (Å²) in [6.45, 7) is 6.80. The van der Waals surface area contributed by atoms with E-state index in [1.807, 2.05) is 13.1 Å². The molecule has 0 aromatic heterocycles. The second-order valence-corrected chi connectivity index (χ2v) is 2.56. The Morgan fingerprint density at radius 2 is 2.70 bits per heavy atom. The van der Waals surface area contributed by atoms with Gasteiger partial charge in [0.25, 0.3) is 0 Å². The standard InChI is InChI=1S/C9H13N/c1-3-4-5-9-7-10-6-8(9)2/h3-4,7,9H,2,5-6H2,1H3/b4-3-. The van der Waals surface area contributed by atoms with E-state index in [-0.39, 0.29) is 0 Å². The molecule has 0 saturated carbocycles. The zero-order chi connectivity index (χ0) is 7.40. The molecule has 1 rings (SSSR count). The van der Waals surface area contributed by atoms with Gasteiger partial charge in [-0.3, -0.25) is 4.99 Å². The highest BCUT2D eigenvalue weighted by Gasteiger charge is 2.11. The molecule has 0 aromatic carbocycles. The van der Waals surface area contributed by atoms with Crippen LogP contribution in [-0.4, -0.2) is 12.8 Å². The molecule has 0 aromatic rings. The van der Waals surface area contributed by atoms with E-state index < -0.39 is 0 Å². The Morgan fingerprint density at radius 1 is 1.90 bits per heavy atom. The minimum absolute atomic E-state index is 0.510. The van der Waals surface area contributed by atoms with Crippen molar-refractivity contribution in [2.24, 2.45) is 10.9 Å². The lowest BCUT2D eigenvalue weighted by Gasteiger charge is -2.02. The van der Waals surface area contributed by atoms with Crippen molar-refractivity contribution in [3.05, 3.63) is 24.3 Å². The number of aliphatic imine (C=N–C) groups is 1. The second kappa shape index (κ2) is 3.35. The van der Waals surface area contributed by atoms with Gasteiger partial charge >= 0.3 is 0 Å². The van der Waals surface area contributed by atoms with Crippen molar-refractivity contribution < 1.29 is 0 Å². The van der Waals surface area contributed by atoms with E-state index in [1.165, 1.54) is 5.57 Å². The zero-order valence-electron chi connectivity index (χ0n) is 6.38. The third kappa shape index (κ3) is 1.56. The molecule has 0 radical (unpaired) electrons. The third-order valence-corrected chi connectivity index (χ3v) is 1.73. The largest absolute Gasteiger partial charge is 0.292 e. The summed E-state index contributed by atoms with van der Waals surface area (Å²) >= 11 is 0. The van der Waals surface area contributed by atoms with Crippen molar-refractivity contribution in [2.75, 3.05) is 6.54 Å². The fraction of sp³-hybridized carbons (Fsp3) is 0.444. The van der Waals surface area contributed by atoms with Gasteiger partial charge in [-0.05, 0) is 18.9 Å². The smallest absolute Gasteiger partial charge is 0.0599 e. The summed E-state index contributed by atoms with van der Waals surface area (Å²) in [5.74, 6) is 0.510. The molecule has 0 saturated heterocycles. The van der Waals surface area contributed by atoms with Crippen LogP contribution in [0.4, 0.5) is 0 Å². The number of nitrogens with zero attached hydrogens (tertiary/aromatic N) is 1. The lowest BCUT2D eigenvalue weighted by molar-refractivity contribution is 0.855. The SMILES string of the molecule is C=C1CN=CC1C/C=C\C. The average molecular weight is 135 g/mol. The molecular weight excluding hydrogens is 122 g/mol. The zero-order valence-corrected chi connectivity index (χ0v) is 6.38. The molecule has 0 spiro atoms.